The second kappa shape index (κ2) is 72.5. The summed E-state index contributed by atoms with van der Waals surface area (Å²) in [6.07, 6.45) is 17.1. The van der Waals surface area contributed by atoms with Crippen LogP contribution >= 0.6 is 7.14 Å². The fourth-order valence-electron chi connectivity index (χ4n) is 11.0. The molecule has 3 fully saturated rings. The molecule has 0 aliphatic heterocycles. The van der Waals surface area contributed by atoms with Crippen LogP contribution in [-0.2, 0) is 123 Å². The van der Waals surface area contributed by atoms with Gasteiger partial charge < -0.3 is 128 Å². The maximum absolute atomic E-state index is 14.9. The van der Waals surface area contributed by atoms with Crippen molar-refractivity contribution >= 4 is 7.14 Å². The monoisotopic (exact) mass is 1410 g/mol. The summed E-state index contributed by atoms with van der Waals surface area (Å²) in [6.45, 7) is 24.1. The lowest BCUT2D eigenvalue weighted by molar-refractivity contribution is -0.0338. The molecule has 3 rings (SSSR count). The van der Waals surface area contributed by atoms with Gasteiger partial charge in [0, 0.05) is 17.0 Å². The molecule has 0 bridgehead atoms. The van der Waals surface area contributed by atoms with Gasteiger partial charge in [-0.1, -0.05) is 38.5 Å². The van der Waals surface area contributed by atoms with Crippen molar-refractivity contribution < 1.29 is 128 Å². The van der Waals surface area contributed by atoms with Crippen LogP contribution in [0.2, 0.25) is 0 Å². The van der Waals surface area contributed by atoms with Crippen LogP contribution in [-0.4, -0.2) is 359 Å². The molecule has 0 amide bonds. The Bertz CT molecular complexity index is 1550. The number of hydrogen-bond acceptors (Lipinski definition) is 27. The van der Waals surface area contributed by atoms with Crippen molar-refractivity contribution in [2.75, 3.05) is 330 Å². The first-order valence-electron chi connectivity index (χ1n) is 36.4. The van der Waals surface area contributed by atoms with Gasteiger partial charge in [0.2, 0.25) is 0 Å². The van der Waals surface area contributed by atoms with Gasteiger partial charge in [-0.2, -0.15) is 0 Å². The Morgan fingerprint density at radius 3 is 0.500 bits per heavy atom. The minimum Gasteiger partial charge on any atom is -0.394 e. The zero-order valence-corrected chi connectivity index (χ0v) is 60.0. The normalized spacial score (nSPS) is 16.8. The quantitative estimate of drug-likeness (QED) is 0.0562. The van der Waals surface area contributed by atoms with E-state index < -0.39 is 7.14 Å². The van der Waals surface area contributed by atoms with Gasteiger partial charge in [0.25, 0.3) is 0 Å². The summed E-state index contributed by atoms with van der Waals surface area (Å²) in [5.74, 6) is 0. The molecule has 0 heterocycles. The van der Waals surface area contributed by atoms with Crippen LogP contribution in [0.4, 0.5) is 0 Å². The van der Waals surface area contributed by atoms with E-state index in [0.29, 0.717) is 341 Å². The lowest BCUT2D eigenvalue weighted by Gasteiger charge is -2.44. The highest BCUT2D eigenvalue weighted by atomic mass is 31.2. The van der Waals surface area contributed by atoms with E-state index in [-0.39, 0.29) is 12.7 Å². The van der Waals surface area contributed by atoms with Gasteiger partial charge in [-0.05, 0) is 51.4 Å². The van der Waals surface area contributed by atoms with E-state index in [1.54, 1.807) is 0 Å². The highest BCUT2D eigenvalue weighted by Gasteiger charge is 2.47. The van der Waals surface area contributed by atoms with Crippen molar-refractivity contribution in [3.8, 4) is 0 Å². The Morgan fingerprint density at radius 2 is 0.333 bits per heavy atom. The number of aliphatic hydroxyl groups excluding tert-OH is 1. The van der Waals surface area contributed by atoms with Crippen molar-refractivity contribution in [3.63, 3.8) is 0 Å². The lowest BCUT2D eigenvalue weighted by atomic mass is 9.97. The summed E-state index contributed by atoms with van der Waals surface area (Å²) in [6, 6.07) is 0. The van der Waals surface area contributed by atoms with E-state index in [2.05, 4.69) is 0 Å². The van der Waals surface area contributed by atoms with E-state index >= 15 is 0 Å². The van der Waals surface area contributed by atoms with Crippen LogP contribution in [0.3, 0.4) is 0 Å². The van der Waals surface area contributed by atoms with Gasteiger partial charge in [0.15, 0.2) is 0 Å². The van der Waals surface area contributed by atoms with E-state index in [9.17, 15) is 4.57 Å². The Labute approximate surface area is 576 Å². The zero-order valence-electron chi connectivity index (χ0n) is 59.1. The average Bonchev–Trinajstić information content (AvgIpc) is 0.774. The first kappa shape index (κ1) is 89.4. The molecule has 572 valence electrons. The van der Waals surface area contributed by atoms with Crippen LogP contribution < -0.4 is 0 Å². The standard InChI is InChI=1S/C68H133O27P/c69-15-16-71-17-18-72-19-20-73-21-22-74-23-24-75-25-26-76-27-28-77-29-30-78-31-32-79-33-34-80-35-36-81-37-38-82-39-40-83-41-42-84-43-44-85-45-46-86-47-48-87-49-50-88-51-52-89-53-54-90-55-56-91-57-58-92-59-60-93-61-62-94-63-64-95-65-11-13-68(14-12-65)96(70,66-7-3-1-4-8-66)67-9-5-2-6-10-67/h65-69H,1-64H2. The number of ether oxygens (including phenoxy) is 25. The van der Waals surface area contributed by atoms with Gasteiger partial charge in [-0.3, -0.25) is 0 Å². The third-order valence-electron chi connectivity index (χ3n) is 15.9. The van der Waals surface area contributed by atoms with Gasteiger partial charge >= 0.3 is 0 Å². The van der Waals surface area contributed by atoms with E-state index in [1.165, 1.54) is 64.2 Å². The van der Waals surface area contributed by atoms with E-state index in [4.69, 9.17) is 124 Å². The maximum Gasteiger partial charge on any atom is 0.0965 e. The Morgan fingerprint density at radius 1 is 0.188 bits per heavy atom. The minimum atomic E-state index is -2.19. The summed E-state index contributed by atoms with van der Waals surface area (Å²) >= 11 is 0. The fourth-order valence-corrected chi connectivity index (χ4v) is 16.2. The summed E-state index contributed by atoms with van der Waals surface area (Å²) in [5, 5.41) is 8.62. The highest BCUT2D eigenvalue weighted by molar-refractivity contribution is 7.66. The second-order valence-electron chi connectivity index (χ2n) is 23.1. The third kappa shape index (κ3) is 55.8. The number of hydrogen-bond donors (Lipinski definition) is 1. The van der Waals surface area contributed by atoms with Crippen LogP contribution in [0.5, 0.6) is 0 Å². The molecule has 0 aromatic rings. The lowest BCUT2D eigenvalue weighted by Crippen LogP contribution is -2.34. The Kier molecular flexibility index (Phi) is 67.6. The first-order valence-corrected chi connectivity index (χ1v) is 38.3. The van der Waals surface area contributed by atoms with Crippen molar-refractivity contribution in [1.82, 2.24) is 0 Å². The molecule has 96 heavy (non-hydrogen) atoms. The Hall–Kier alpha value is -0.810. The molecule has 1 N–H and O–H groups in total. The summed E-state index contributed by atoms with van der Waals surface area (Å²) in [4.78, 5) is 0. The summed E-state index contributed by atoms with van der Waals surface area (Å²) in [7, 11) is -2.19. The molecule has 0 aromatic carbocycles. The molecule has 3 aliphatic carbocycles. The minimum absolute atomic E-state index is 0.0175. The van der Waals surface area contributed by atoms with Crippen LogP contribution in [0.1, 0.15) is 89.9 Å². The van der Waals surface area contributed by atoms with E-state index in [1.807, 2.05) is 0 Å². The fraction of sp³-hybridized carbons (Fsp3) is 1.00. The number of rotatable bonds is 78. The zero-order chi connectivity index (χ0) is 67.7. The maximum atomic E-state index is 14.9. The Balaban J connectivity index is 0.857. The topological polar surface area (TPSA) is 268 Å². The largest absolute Gasteiger partial charge is 0.394 e. The smallest absolute Gasteiger partial charge is 0.0965 e. The highest BCUT2D eigenvalue weighted by Crippen LogP contribution is 2.68. The van der Waals surface area contributed by atoms with Crippen molar-refractivity contribution in [3.05, 3.63) is 0 Å². The van der Waals surface area contributed by atoms with Crippen LogP contribution in [0.25, 0.3) is 0 Å². The SMILES string of the molecule is O=P(C1CCCCC1)(C1CCCCC1)C1CCC(OCCOCCOCCOCCOCCOCCOCCOCCOCCOCCOCCOCCOCCOCCOCCOCCOCCOCCOCCOCCOCCOCCOCCOCCOCCO)CC1. The predicted octanol–water partition coefficient (Wildman–Crippen LogP) is 5.73. The van der Waals surface area contributed by atoms with Crippen molar-refractivity contribution in [2.24, 2.45) is 0 Å². The first-order chi connectivity index (χ1) is 47.7. The molecule has 0 aromatic heterocycles. The summed E-state index contributed by atoms with van der Waals surface area (Å²) in [5.41, 5.74) is 1.42. The van der Waals surface area contributed by atoms with Gasteiger partial charge in [0.05, 0.1) is 344 Å². The molecule has 3 aliphatic rings. The molecule has 0 spiro atoms. The molecule has 28 heteroatoms. The van der Waals surface area contributed by atoms with Gasteiger partial charge in [-0.25, -0.2) is 0 Å². The predicted molar refractivity (Wildman–Crippen MR) is 360 cm³/mol. The molecule has 0 radical (unpaired) electrons. The van der Waals surface area contributed by atoms with Crippen LogP contribution in [0, 0.1) is 0 Å². The molecule has 0 unspecified atom stereocenters. The number of aliphatic hydroxyl groups is 1. The summed E-state index contributed by atoms with van der Waals surface area (Å²) < 4.78 is 154. The molecule has 0 saturated heterocycles. The molecule has 27 nitrogen and oxygen atoms in total. The molecular formula is C68H133O27P. The van der Waals surface area contributed by atoms with Crippen molar-refractivity contribution in [2.45, 2.75) is 113 Å². The van der Waals surface area contributed by atoms with Crippen LogP contribution in [0.15, 0.2) is 0 Å². The molecule has 0 atom stereocenters. The average molecular weight is 1410 g/mol. The van der Waals surface area contributed by atoms with Gasteiger partial charge in [0.1, 0.15) is 0 Å². The van der Waals surface area contributed by atoms with E-state index in [0.717, 1.165) is 25.7 Å². The third-order valence-corrected chi connectivity index (χ3v) is 20.9. The second-order valence-corrected chi connectivity index (χ2v) is 26.8. The van der Waals surface area contributed by atoms with Gasteiger partial charge in [-0.15, -0.1) is 0 Å². The van der Waals surface area contributed by atoms with Crippen molar-refractivity contribution in [1.29, 1.82) is 0 Å². The molecular weight excluding hydrogens is 1280 g/mol. The molecule has 3 saturated carbocycles.